The average Bonchev–Trinajstić information content (AvgIpc) is 2.65. The van der Waals surface area contributed by atoms with Crippen LogP contribution >= 0.6 is 0 Å². The Balaban J connectivity index is 1.65. The van der Waals surface area contributed by atoms with E-state index in [1.165, 1.54) is 11.1 Å². The minimum Gasteiger partial charge on any atom is -0.298 e. The van der Waals surface area contributed by atoms with Crippen molar-refractivity contribution in [1.82, 2.24) is 0 Å². The van der Waals surface area contributed by atoms with Gasteiger partial charge in [-0.25, -0.2) is 9.13 Å². The van der Waals surface area contributed by atoms with Crippen LogP contribution in [-0.4, -0.2) is 12.6 Å². The van der Waals surface area contributed by atoms with Crippen LogP contribution in [0.25, 0.3) is 0 Å². The molecule has 4 nitrogen and oxygen atoms in total. The summed E-state index contributed by atoms with van der Waals surface area (Å²) in [6.07, 6.45) is 9.31. The Morgan fingerprint density at radius 1 is 0.583 bits per heavy atom. The highest BCUT2D eigenvalue weighted by Gasteiger charge is 2.06. The molecule has 0 saturated carbocycles. The summed E-state index contributed by atoms with van der Waals surface area (Å²) in [4.78, 5) is 21.3. The zero-order chi connectivity index (χ0) is 16.8. The molecule has 0 aliphatic carbocycles. The zero-order valence-corrected chi connectivity index (χ0v) is 13.2. The zero-order valence-electron chi connectivity index (χ0n) is 13.2. The molecule has 3 rings (SSSR count). The Morgan fingerprint density at radius 3 is 1.21 bits per heavy atom. The van der Waals surface area contributed by atoms with Crippen LogP contribution in [0.3, 0.4) is 0 Å². The number of pyridine rings is 2. The standard InChI is InChI=1S/C20H18N2O2/c23-15-19-5-9-21(10-6-19)13-17-1-2-18(4-3-17)14-22-11-7-20(16-24)8-12-22/h1-12,15-16H,13-14H2/q+2. The molecule has 0 atom stereocenters. The van der Waals surface area contributed by atoms with Gasteiger partial charge in [-0.1, -0.05) is 24.3 Å². The van der Waals surface area contributed by atoms with Crippen molar-refractivity contribution in [3.8, 4) is 0 Å². The number of aldehydes is 2. The van der Waals surface area contributed by atoms with Gasteiger partial charge in [0.05, 0.1) is 0 Å². The van der Waals surface area contributed by atoms with Crippen molar-refractivity contribution in [3.05, 3.63) is 95.6 Å². The normalized spacial score (nSPS) is 10.3. The van der Waals surface area contributed by atoms with Gasteiger partial charge in [0.25, 0.3) is 0 Å². The minimum absolute atomic E-state index is 0.680. The van der Waals surface area contributed by atoms with Crippen LogP contribution < -0.4 is 9.13 Å². The Morgan fingerprint density at radius 2 is 0.917 bits per heavy atom. The van der Waals surface area contributed by atoms with Gasteiger partial charge in [-0.15, -0.1) is 0 Å². The van der Waals surface area contributed by atoms with E-state index in [9.17, 15) is 9.59 Å². The second-order valence-electron chi connectivity index (χ2n) is 5.66. The molecule has 0 N–H and O–H groups in total. The first kappa shape index (κ1) is 15.7. The van der Waals surface area contributed by atoms with Crippen LogP contribution in [0.2, 0.25) is 0 Å². The Bertz CT molecular complexity index is 751. The molecule has 4 heteroatoms. The predicted octanol–water partition coefficient (Wildman–Crippen LogP) is 1.98. The highest BCUT2D eigenvalue weighted by atomic mass is 16.1. The number of hydrogen-bond donors (Lipinski definition) is 0. The van der Waals surface area contributed by atoms with Crippen molar-refractivity contribution in [1.29, 1.82) is 0 Å². The summed E-state index contributed by atoms with van der Waals surface area (Å²) in [5, 5.41) is 0. The van der Waals surface area contributed by atoms with Gasteiger partial charge in [-0.05, 0) is 0 Å². The summed E-state index contributed by atoms with van der Waals surface area (Å²) in [7, 11) is 0. The van der Waals surface area contributed by atoms with Gasteiger partial charge in [0, 0.05) is 46.5 Å². The summed E-state index contributed by atoms with van der Waals surface area (Å²) in [5.41, 5.74) is 3.76. The molecule has 0 aliphatic rings. The number of benzene rings is 1. The number of aromatic nitrogens is 2. The largest absolute Gasteiger partial charge is 0.298 e. The molecule has 0 spiro atoms. The molecule has 24 heavy (non-hydrogen) atoms. The first-order valence-electron chi connectivity index (χ1n) is 7.73. The van der Waals surface area contributed by atoms with Crippen molar-refractivity contribution in [3.63, 3.8) is 0 Å². The fraction of sp³-hybridized carbons (Fsp3) is 0.100. The van der Waals surface area contributed by atoms with Gasteiger partial charge in [0.15, 0.2) is 50.4 Å². The lowest BCUT2D eigenvalue weighted by Crippen LogP contribution is -2.34. The highest BCUT2D eigenvalue weighted by molar-refractivity contribution is 5.74. The topological polar surface area (TPSA) is 41.9 Å². The van der Waals surface area contributed by atoms with E-state index >= 15 is 0 Å². The molecule has 0 bridgehead atoms. The molecule has 0 fully saturated rings. The van der Waals surface area contributed by atoms with E-state index in [2.05, 4.69) is 24.3 Å². The number of rotatable bonds is 6. The lowest BCUT2D eigenvalue weighted by molar-refractivity contribution is -0.689. The fourth-order valence-electron chi connectivity index (χ4n) is 2.48. The monoisotopic (exact) mass is 318 g/mol. The minimum atomic E-state index is 0.680. The van der Waals surface area contributed by atoms with Crippen LogP contribution in [0.1, 0.15) is 31.8 Å². The van der Waals surface area contributed by atoms with Crippen LogP contribution in [0.5, 0.6) is 0 Å². The molecule has 3 aromatic rings. The molecular weight excluding hydrogens is 300 g/mol. The second-order valence-corrected chi connectivity index (χ2v) is 5.66. The number of carbonyl (C=O) groups excluding carboxylic acids is 2. The van der Waals surface area contributed by atoms with E-state index in [4.69, 9.17) is 0 Å². The number of carbonyl (C=O) groups is 2. The maximum absolute atomic E-state index is 10.7. The van der Waals surface area contributed by atoms with Crippen molar-refractivity contribution in [2.75, 3.05) is 0 Å². The molecule has 0 aliphatic heterocycles. The first-order chi connectivity index (χ1) is 11.8. The quantitative estimate of drug-likeness (QED) is 0.515. The Hall–Kier alpha value is -3.14. The van der Waals surface area contributed by atoms with Gasteiger partial charge in [-0.3, -0.25) is 9.59 Å². The highest BCUT2D eigenvalue weighted by Crippen LogP contribution is 2.04. The summed E-state index contributed by atoms with van der Waals surface area (Å²) >= 11 is 0. The molecule has 0 saturated heterocycles. The third-order valence-corrected chi connectivity index (χ3v) is 3.86. The van der Waals surface area contributed by atoms with E-state index < -0.39 is 0 Å². The van der Waals surface area contributed by atoms with E-state index in [-0.39, 0.29) is 0 Å². The van der Waals surface area contributed by atoms with Gasteiger partial charge < -0.3 is 0 Å². The molecule has 2 heterocycles. The molecule has 118 valence electrons. The van der Waals surface area contributed by atoms with Gasteiger partial charge >= 0.3 is 0 Å². The maximum Gasteiger partial charge on any atom is 0.173 e. The predicted molar refractivity (Wildman–Crippen MR) is 88.7 cm³/mol. The lowest BCUT2D eigenvalue weighted by atomic mass is 10.1. The third kappa shape index (κ3) is 3.98. The smallest absolute Gasteiger partial charge is 0.173 e. The van der Waals surface area contributed by atoms with E-state index in [0.717, 1.165) is 25.7 Å². The van der Waals surface area contributed by atoms with E-state index in [0.29, 0.717) is 11.1 Å². The van der Waals surface area contributed by atoms with Crippen LogP contribution in [0.4, 0.5) is 0 Å². The Labute approximate surface area is 140 Å². The van der Waals surface area contributed by atoms with Crippen molar-refractivity contribution >= 4 is 12.6 Å². The van der Waals surface area contributed by atoms with Crippen LogP contribution in [0.15, 0.2) is 73.3 Å². The molecule has 0 radical (unpaired) electrons. The Kier molecular flexibility index (Phi) is 4.87. The van der Waals surface area contributed by atoms with Gasteiger partial charge in [0.2, 0.25) is 0 Å². The summed E-state index contributed by atoms with van der Waals surface area (Å²) < 4.78 is 4.07. The molecule has 1 aromatic carbocycles. The lowest BCUT2D eigenvalue weighted by Gasteiger charge is -2.01. The summed E-state index contributed by atoms with van der Waals surface area (Å²) in [5.74, 6) is 0. The fourth-order valence-corrected chi connectivity index (χ4v) is 2.48. The van der Waals surface area contributed by atoms with Crippen molar-refractivity contribution < 1.29 is 18.7 Å². The average molecular weight is 318 g/mol. The van der Waals surface area contributed by atoms with Crippen molar-refractivity contribution in [2.24, 2.45) is 0 Å². The van der Waals surface area contributed by atoms with Gasteiger partial charge in [0.1, 0.15) is 0 Å². The number of nitrogens with zero attached hydrogens (tertiary/aromatic N) is 2. The SMILES string of the molecule is O=Cc1cc[n+](Cc2ccc(C[n+]3ccc(C=O)cc3)cc2)cc1. The third-order valence-electron chi connectivity index (χ3n) is 3.86. The maximum atomic E-state index is 10.7. The van der Waals surface area contributed by atoms with E-state index in [1.807, 2.05) is 33.9 Å². The molecule has 0 amide bonds. The van der Waals surface area contributed by atoms with Gasteiger partial charge in [-0.2, -0.15) is 0 Å². The van der Waals surface area contributed by atoms with Crippen LogP contribution in [-0.2, 0) is 13.1 Å². The molecule has 0 unspecified atom stereocenters. The number of hydrogen-bond acceptors (Lipinski definition) is 2. The molecular formula is C20H18N2O2+2. The van der Waals surface area contributed by atoms with Crippen LogP contribution in [0, 0.1) is 0 Å². The summed E-state index contributed by atoms with van der Waals surface area (Å²) in [6, 6.07) is 15.7. The summed E-state index contributed by atoms with van der Waals surface area (Å²) in [6.45, 7) is 1.53. The first-order valence-corrected chi connectivity index (χ1v) is 7.73. The van der Waals surface area contributed by atoms with E-state index in [1.54, 1.807) is 24.3 Å². The second kappa shape index (κ2) is 7.42. The molecule has 2 aromatic heterocycles. The van der Waals surface area contributed by atoms with Crippen molar-refractivity contribution in [2.45, 2.75) is 13.1 Å².